The lowest BCUT2D eigenvalue weighted by molar-refractivity contribution is 0.0422. The lowest BCUT2D eigenvalue weighted by Gasteiger charge is -2.23. The summed E-state index contributed by atoms with van der Waals surface area (Å²) in [6.07, 6.45) is 6.38. The Morgan fingerprint density at radius 2 is 1.82 bits per heavy atom. The van der Waals surface area contributed by atoms with E-state index in [1.807, 2.05) is 0 Å². The highest BCUT2D eigenvalue weighted by atomic mass is 32.2. The molecule has 0 bridgehead atoms. The molecule has 2 aliphatic carbocycles. The largest absolute Gasteiger partial charge is 0.389 e. The van der Waals surface area contributed by atoms with Gasteiger partial charge in [0.1, 0.15) is 0 Å². The Balaban J connectivity index is 1.80. The Hall–Kier alpha value is -0.130. The van der Waals surface area contributed by atoms with E-state index in [4.69, 9.17) is 0 Å². The Bertz CT molecular complexity index is 354. The highest BCUT2D eigenvalue weighted by Gasteiger charge is 2.40. The van der Waals surface area contributed by atoms with Gasteiger partial charge in [0, 0.05) is 6.54 Å². The topological polar surface area (TPSA) is 66.4 Å². The Kier molecular flexibility index (Phi) is 3.80. The third kappa shape index (κ3) is 3.93. The molecule has 5 heteroatoms. The molecule has 0 heterocycles. The first kappa shape index (κ1) is 13.3. The summed E-state index contributed by atoms with van der Waals surface area (Å²) in [5.74, 6) is 0.823. The summed E-state index contributed by atoms with van der Waals surface area (Å²) in [7, 11) is -3.21. The Morgan fingerprint density at radius 3 is 2.35 bits per heavy atom. The molecule has 0 aromatic heterocycles. The van der Waals surface area contributed by atoms with Gasteiger partial charge in [0.05, 0.1) is 11.4 Å². The zero-order valence-electron chi connectivity index (χ0n) is 10.5. The second-order valence-electron chi connectivity index (χ2n) is 5.88. The van der Waals surface area contributed by atoms with Gasteiger partial charge in [0.25, 0.3) is 0 Å². The van der Waals surface area contributed by atoms with Crippen molar-refractivity contribution in [3.63, 3.8) is 0 Å². The van der Waals surface area contributed by atoms with Crippen molar-refractivity contribution in [3.8, 4) is 0 Å². The van der Waals surface area contributed by atoms with Crippen LogP contribution in [0.1, 0.15) is 45.4 Å². The third-order valence-electron chi connectivity index (χ3n) is 4.04. The molecule has 0 aliphatic heterocycles. The summed E-state index contributed by atoms with van der Waals surface area (Å²) in [5.41, 5.74) is -0.872. The van der Waals surface area contributed by atoms with Crippen molar-refractivity contribution in [1.29, 1.82) is 0 Å². The van der Waals surface area contributed by atoms with Crippen LogP contribution in [0.3, 0.4) is 0 Å². The van der Waals surface area contributed by atoms with E-state index < -0.39 is 15.6 Å². The molecule has 1 unspecified atom stereocenters. The van der Waals surface area contributed by atoms with Crippen LogP contribution in [0.5, 0.6) is 0 Å². The van der Waals surface area contributed by atoms with Crippen molar-refractivity contribution in [2.24, 2.45) is 11.8 Å². The minimum atomic E-state index is -3.21. The van der Waals surface area contributed by atoms with E-state index >= 15 is 0 Å². The molecule has 0 aromatic carbocycles. The van der Waals surface area contributed by atoms with Crippen molar-refractivity contribution in [2.75, 3.05) is 12.3 Å². The number of hydrogen-bond donors (Lipinski definition) is 2. The second kappa shape index (κ2) is 4.86. The van der Waals surface area contributed by atoms with Gasteiger partial charge in [0.15, 0.2) is 0 Å². The maximum atomic E-state index is 11.9. The smallest absolute Gasteiger partial charge is 0.211 e. The number of nitrogens with one attached hydrogen (secondary N) is 1. The number of hydrogen-bond acceptors (Lipinski definition) is 3. The van der Waals surface area contributed by atoms with Crippen molar-refractivity contribution < 1.29 is 13.5 Å². The molecule has 2 rings (SSSR count). The summed E-state index contributed by atoms with van der Waals surface area (Å²) in [6.45, 7) is 1.88. The molecule has 0 spiro atoms. The molecule has 2 fully saturated rings. The van der Waals surface area contributed by atoms with Crippen LogP contribution in [-0.4, -0.2) is 31.4 Å². The first-order chi connectivity index (χ1) is 7.89. The monoisotopic (exact) mass is 261 g/mol. The minimum Gasteiger partial charge on any atom is -0.389 e. The fraction of sp³-hybridized carbons (Fsp3) is 1.00. The SMILES string of the molecule is CC(O)(CNS(=O)(=O)CC1CCCC1)C1CC1. The Morgan fingerprint density at radius 1 is 1.24 bits per heavy atom. The van der Waals surface area contributed by atoms with Gasteiger partial charge in [-0.05, 0) is 44.4 Å². The van der Waals surface area contributed by atoms with Crippen LogP contribution in [0, 0.1) is 11.8 Å². The normalized spacial score (nSPS) is 26.0. The van der Waals surface area contributed by atoms with Gasteiger partial charge in [-0.2, -0.15) is 0 Å². The van der Waals surface area contributed by atoms with Crippen LogP contribution in [0.15, 0.2) is 0 Å². The molecule has 2 N–H and O–H groups in total. The van der Waals surface area contributed by atoms with Gasteiger partial charge in [-0.25, -0.2) is 13.1 Å². The number of rotatable bonds is 6. The first-order valence-electron chi connectivity index (χ1n) is 6.59. The standard InChI is InChI=1S/C12H23NO3S/c1-12(14,11-6-7-11)9-13-17(15,16)8-10-4-2-3-5-10/h10-11,13-14H,2-9H2,1H3. The fourth-order valence-corrected chi connectivity index (χ4v) is 4.24. The summed E-state index contributed by atoms with van der Waals surface area (Å²) in [6, 6.07) is 0. The summed E-state index contributed by atoms with van der Waals surface area (Å²) in [5, 5.41) is 10.1. The average molecular weight is 261 g/mol. The van der Waals surface area contributed by atoms with Crippen LogP contribution < -0.4 is 4.72 Å². The van der Waals surface area contributed by atoms with E-state index in [0.29, 0.717) is 5.92 Å². The van der Waals surface area contributed by atoms with Crippen LogP contribution >= 0.6 is 0 Å². The predicted molar refractivity (Wildman–Crippen MR) is 67.1 cm³/mol. The van der Waals surface area contributed by atoms with Crippen molar-refractivity contribution in [2.45, 2.75) is 51.0 Å². The van der Waals surface area contributed by atoms with Gasteiger partial charge in [-0.15, -0.1) is 0 Å². The van der Waals surface area contributed by atoms with E-state index in [0.717, 1.165) is 38.5 Å². The zero-order valence-corrected chi connectivity index (χ0v) is 11.3. The van der Waals surface area contributed by atoms with Crippen LogP contribution in [-0.2, 0) is 10.0 Å². The third-order valence-corrected chi connectivity index (χ3v) is 5.53. The Labute approximate surface area is 104 Å². The quantitative estimate of drug-likeness (QED) is 0.756. The maximum absolute atomic E-state index is 11.9. The second-order valence-corrected chi connectivity index (χ2v) is 7.74. The van der Waals surface area contributed by atoms with Crippen molar-refractivity contribution >= 4 is 10.0 Å². The van der Waals surface area contributed by atoms with Crippen molar-refractivity contribution in [3.05, 3.63) is 0 Å². The van der Waals surface area contributed by atoms with Crippen LogP contribution in [0.2, 0.25) is 0 Å². The molecule has 2 aliphatic rings. The number of sulfonamides is 1. The average Bonchev–Trinajstić information content (AvgIpc) is 2.98. The van der Waals surface area contributed by atoms with E-state index in [9.17, 15) is 13.5 Å². The molecule has 17 heavy (non-hydrogen) atoms. The molecular weight excluding hydrogens is 238 g/mol. The lowest BCUT2D eigenvalue weighted by Crippen LogP contribution is -2.43. The number of aliphatic hydroxyl groups is 1. The predicted octanol–water partition coefficient (Wildman–Crippen LogP) is 1.26. The fourth-order valence-electron chi connectivity index (χ4n) is 2.65. The van der Waals surface area contributed by atoms with E-state index in [2.05, 4.69) is 4.72 Å². The minimum absolute atomic E-state index is 0.159. The highest BCUT2D eigenvalue weighted by molar-refractivity contribution is 7.89. The molecule has 0 amide bonds. The van der Waals surface area contributed by atoms with Crippen LogP contribution in [0.25, 0.3) is 0 Å². The molecular formula is C12H23NO3S. The van der Waals surface area contributed by atoms with Gasteiger partial charge >= 0.3 is 0 Å². The summed E-state index contributed by atoms with van der Waals surface area (Å²) < 4.78 is 26.3. The lowest BCUT2D eigenvalue weighted by atomic mass is 10.0. The molecule has 0 aromatic rings. The van der Waals surface area contributed by atoms with E-state index in [-0.39, 0.29) is 18.2 Å². The molecule has 1 atom stereocenters. The molecule has 0 saturated heterocycles. The van der Waals surface area contributed by atoms with Gasteiger partial charge in [-0.3, -0.25) is 0 Å². The summed E-state index contributed by atoms with van der Waals surface area (Å²) in [4.78, 5) is 0. The molecule has 100 valence electrons. The van der Waals surface area contributed by atoms with Crippen LogP contribution in [0.4, 0.5) is 0 Å². The first-order valence-corrected chi connectivity index (χ1v) is 8.24. The van der Waals surface area contributed by atoms with Gasteiger partial charge in [0.2, 0.25) is 10.0 Å². The van der Waals surface area contributed by atoms with Gasteiger partial charge < -0.3 is 5.11 Å². The zero-order chi connectivity index (χ0) is 12.5. The van der Waals surface area contributed by atoms with E-state index in [1.165, 1.54) is 0 Å². The summed E-state index contributed by atoms with van der Waals surface area (Å²) >= 11 is 0. The van der Waals surface area contributed by atoms with Crippen molar-refractivity contribution in [1.82, 2.24) is 4.72 Å². The van der Waals surface area contributed by atoms with Gasteiger partial charge in [-0.1, -0.05) is 12.8 Å². The molecule has 4 nitrogen and oxygen atoms in total. The molecule has 2 saturated carbocycles. The van der Waals surface area contributed by atoms with E-state index in [1.54, 1.807) is 6.92 Å². The maximum Gasteiger partial charge on any atom is 0.211 e. The highest BCUT2D eigenvalue weighted by Crippen LogP contribution is 2.39. The molecule has 0 radical (unpaired) electrons.